The van der Waals surface area contributed by atoms with Crippen LogP contribution in [0.5, 0.6) is 0 Å². The third-order valence-electron chi connectivity index (χ3n) is 3.44. The topological polar surface area (TPSA) is 40.5 Å². The molecule has 0 bridgehead atoms. The molecule has 1 aromatic rings. The number of carbonyl (C=O) groups is 1. The number of benzene rings is 1. The summed E-state index contributed by atoms with van der Waals surface area (Å²) in [6.07, 6.45) is 0. The van der Waals surface area contributed by atoms with Gasteiger partial charge in [-0.15, -0.1) is 0 Å². The summed E-state index contributed by atoms with van der Waals surface area (Å²) in [6, 6.07) is 5.01. The lowest BCUT2D eigenvalue weighted by Crippen LogP contribution is -2.21. The third-order valence-corrected chi connectivity index (χ3v) is 3.44. The molecule has 4 heteroatoms. The fourth-order valence-corrected chi connectivity index (χ4v) is 2.43. The molecule has 0 saturated carbocycles. The molecule has 1 fully saturated rings. The van der Waals surface area contributed by atoms with Gasteiger partial charge < -0.3 is 10.0 Å². The molecular weight excluding hydrogens is 221 g/mol. The molecule has 17 heavy (non-hydrogen) atoms. The van der Waals surface area contributed by atoms with Gasteiger partial charge in [-0.25, -0.2) is 4.39 Å². The van der Waals surface area contributed by atoms with Crippen LogP contribution in [0.2, 0.25) is 0 Å². The van der Waals surface area contributed by atoms with Gasteiger partial charge in [-0.05, 0) is 31.2 Å². The van der Waals surface area contributed by atoms with E-state index in [0.29, 0.717) is 18.7 Å². The van der Waals surface area contributed by atoms with E-state index in [1.54, 1.807) is 13.0 Å². The second-order valence-electron chi connectivity index (χ2n) is 4.78. The van der Waals surface area contributed by atoms with Crippen molar-refractivity contribution in [1.82, 2.24) is 4.90 Å². The molecule has 1 saturated heterocycles. The van der Waals surface area contributed by atoms with E-state index in [4.69, 9.17) is 5.11 Å². The zero-order valence-corrected chi connectivity index (χ0v) is 9.98. The van der Waals surface area contributed by atoms with Gasteiger partial charge in [0.05, 0.1) is 5.92 Å². The molecule has 0 radical (unpaired) electrons. The van der Waals surface area contributed by atoms with Crippen LogP contribution in [0.3, 0.4) is 0 Å². The zero-order valence-electron chi connectivity index (χ0n) is 9.98. The Morgan fingerprint density at radius 1 is 1.47 bits per heavy atom. The molecule has 3 nitrogen and oxygen atoms in total. The predicted molar refractivity (Wildman–Crippen MR) is 62.5 cm³/mol. The highest BCUT2D eigenvalue weighted by molar-refractivity contribution is 5.72. The number of carboxylic acid groups (broad SMARTS) is 1. The number of hydrogen-bond donors (Lipinski definition) is 1. The van der Waals surface area contributed by atoms with Crippen LogP contribution in [-0.2, 0) is 4.79 Å². The number of carboxylic acids is 1. The van der Waals surface area contributed by atoms with Crippen molar-refractivity contribution in [2.45, 2.75) is 12.8 Å². The van der Waals surface area contributed by atoms with Gasteiger partial charge in [0.2, 0.25) is 0 Å². The Kier molecular flexibility index (Phi) is 3.15. The minimum Gasteiger partial charge on any atom is -0.481 e. The monoisotopic (exact) mass is 237 g/mol. The van der Waals surface area contributed by atoms with Gasteiger partial charge >= 0.3 is 5.97 Å². The largest absolute Gasteiger partial charge is 0.481 e. The van der Waals surface area contributed by atoms with Crippen LogP contribution in [0.15, 0.2) is 18.2 Å². The van der Waals surface area contributed by atoms with Crippen LogP contribution in [-0.4, -0.2) is 36.1 Å². The normalized spacial score (nSPS) is 25.1. The van der Waals surface area contributed by atoms with Gasteiger partial charge in [0.1, 0.15) is 5.82 Å². The summed E-state index contributed by atoms with van der Waals surface area (Å²) >= 11 is 0. The van der Waals surface area contributed by atoms with Crippen molar-refractivity contribution in [2.24, 2.45) is 5.92 Å². The highest BCUT2D eigenvalue weighted by Crippen LogP contribution is 2.32. The van der Waals surface area contributed by atoms with Gasteiger partial charge in [0, 0.05) is 19.0 Å². The van der Waals surface area contributed by atoms with E-state index in [9.17, 15) is 9.18 Å². The van der Waals surface area contributed by atoms with Gasteiger partial charge in [0.15, 0.2) is 0 Å². The summed E-state index contributed by atoms with van der Waals surface area (Å²) in [7, 11) is 1.89. The molecule has 2 atom stereocenters. The van der Waals surface area contributed by atoms with Gasteiger partial charge in [-0.1, -0.05) is 12.1 Å². The van der Waals surface area contributed by atoms with E-state index in [-0.39, 0.29) is 11.7 Å². The number of hydrogen-bond acceptors (Lipinski definition) is 2. The van der Waals surface area contributed by atoms with Crippen LogP contribution in [0.4, 0.5) is 4.39 Å². The Bertz CT molecular complexity index is 447. The summed E-state index contributed by atoms with van der Waals surface area (Å²) in [6.45, 7) is 2.89. The Morgan fingerprint density at radius 2 is 2.18 bits per heavy atom. The van der Waals surface area contributed by atoms with Crippen molar-refractivity contribution in [3.05, 3.63) is 35.1 Å². The van der Waals surface area contributed by atoms with Crippen LogP contribution >= 0.6 is 0 Å². The zero-order chi connectivity index (χ0) is 12.6. The smallest absolute Gasteiger partial charge is 0.308 e. The number of nitrogens with zero attached hydrogens (tertiary/aromatic N) is 1. The molecule has 1 N–H and O–H groups in total. The lowest BCUT2D eigenvalue weighted by Gasteiger charge is -2.15. The molecule has 92 valence electrons. The fraction of sp³-hybridized carbons (Fsp3) is 0.462. The highest BCUT2D eigenvalue weighted by atomic mass is 19.1. The van der Waals surface area contributed by atoms with Crippen molar-refractivity contribution in [2.75, 3.05) is 20.1 Å². The third kappa shape index (κ3) is 2.31. The Balaban J connectivity index is 2.31. The van der Waals surface area contributed by atoms with Crippen LogP contribution in [0.25, 0.3) is 0 Å². The Morgan fingerprint density at radius 3 is 2.76 bits per heavy atom. The Hall–Kier alpha value is -1.42. The maximum Gasteiger partial charge on any atom is 0.308 e. The van der Waals surface area contributed by atoms with Crippen molar-refractivity contribution in [1.29, 1.82) is 0 Å². The molecule has 0 amide bonds. The number of likely N-dealkylation sites (N-methyl/N-ethyl adjacent to an activating group) is 1. The molecule has 2 unspecified atom stereocenters. The van der Waals surface area contributed by atoms with Crippen molar-refractivity contribution in [3.8, 4) is 0 Å². The van der Waals surface area contributed by atoms with Crippen LogP contribution in [0.1, 0.15) is 17.0 Å². The molecule has 1 aliphatic rings. The first kappa shape index (κ1) is 12.0. The van der Waals surface area contributed by atoms with Gasteiger partial charge in [-0.2, -0.15) is 0 Å². The van der Waals surface area contributed by atoms with E-state index >= 15 is 0 Å². The molecule has 1 heterocycles. The van der Waals surface area contributed by atoms with Crippen molar-refractivity contribution >= 4 is 5.97 Å². The lowest BCUT2D eigenvalue weighted by atomic mass is 9.88. The number of aryl methyl sites for hydroxylation is 1. The maximum atomic E-state index is 13.5. The quantitative estimate of drug-likeness (QED) is 0.853. The number of rotatable bonds is 2. The summed E-state index contributed by atoms with van der Waals surface area (Å²) in [5.41, 5.74) is 1.37. The second kappa shape index (κ2) is 4.45. The van der Waals surface area contributed by atoms with E-state index in [0.717, 1.165) is 5.56 Å². The molecule has 1 aromatic carbocycles. The first-order chi connectivity index (χ1) is 7.99. The van der Waals surface area contributed by atoms with E-state index in [1.165, 1.54) is 6.07 Å². The minimum absolute atomic E-state index is 0.118. The predicted octanol–water partition coefficient (Wildman–Crippen LogP) is 1.86. The Labute approximate surface area is 99.9 Å². The average molecular weight is 237 g/mol. The van der Waals surface area contributed by atoms with E-state index in [1.807, 2.05) is 18.0 Å². The van der Waals surface area contributed by atoms with Gasteiger partial charge in [-0.3, -0.25) is 4.79 Å². The minimum atomic E-state index is -0.805. The fourth-order valence-electron chi connectivity index (χ4n) is 2.43. The summed E-state index contributed by atoms with van der Waals surface area (Å²) in [4.78, 5) is 13.1. The molecular formula is C13H16FNO2. The first-order valence-electron chi connectivity index (χ1n) is 5.66. The molecule has 0 spiro atoms. The van der Waals surface area contributed by atoms with Crippen molar-refractivity contribution < 1.29 is 14.3 Å². The number of aliphatic carboxylic acids is 1. The van der Waals surface area contributed by atoms with Crippen molar-refractivity contribution in [3.63, 3.8) is 0 Å². The molecule has 0 aliphatic carbocycles. The molecule has 1 aliphatic heterocycles. The van der Waals surface area contributed by atoms with Gasteiger partial charge in [0.25, 0.3) is 0 Å². The standard InChI is InChI=1S/C13H16FNO2/c1-8-3-4-9(5-12(8)14)10-6-15(2)7-11(10)13(16)17/h3-5,10-11H,6-7H2,1-2H3,(H,16,17). The molecule has 2 rings (SSSR count). The summed E-state index contributed by atoms with van der Waals surface area (Å²) in [5.74, 6) is -1.63. The lowest BCUT2D eigenvalue weighted by molar-refractivity contribution is -0.141. The summed E-state index contributed by atoms with van der Waals surface area (Å²) < 4.78 is 13.5. The van der Waals surface area contributed by atoms with Crippen LogP contribution < -0.4 is 0 Å². The highest BCUT2D eigenvalue weighted by Gasteiger charge is 2.37. The SMILES string of the molecule is Cc1ccc(C2CN(C)CC2C(=O)O)cc1F. The average Bonchev–Trinajstić information content (AvgIpc) is 2.64. The number of likely N-dealkylation sites (tertiary alicyclic amines) is 1. The summed E-state index contributed by atoms with van der Waals surface area (Å²) in [5, 5.41) is 9.17. The van der Waals surface area contributed by atoms with E-state index < -0.39 is 11.9 Å². The van der Waals surface area contributed by atoms with Crippen LogP contribution in [0, 0.1) is 18.7 Å². The second-order valence-corrected chi connectivity index (χ2v) is 4.78. The first-order valence-corrected chi connectivity index (χ1v) is 5.66. The van der Waals surface area contributed by atoms with E-state index in [2.05, 4.69) is 0 Å². The molecule has 0 aromatic heterocycles. The maximum absolute atomic E-state index is 13.5. The number of halogens is 1.